The maximum Gasteiger partial charge on any atom is 0.0793 e. The van der Waals surface area contributed by atoms with Crippen molar-refractivity contribution in [2.45, 2.75) is 37.9 Å². The molecule has 3 N–H and O–H groups in total. The van der Waals surface area contributed by atoms with Crippen LogP contribution in [-0.4, -0.2) is 92.4 Å². The highest BCUT2D eigenvalue weighted by atomic mass is 35.5. The third-order valence-electron chi connectivity index (χ3n) is 6.99. The molecule has 2 aromatic carbocycles. The van der Waals surface area contributed by atoms with Crippen molar-refractivity contribution in [3.8, 4) is 0 Å². The molecule has 2 aromatic heterocycles. The van der Waals surface area contributed by atoms with Crippen LogP contribution >= 0.6 is 46.7 Å². The van der Waals surface area contributed by atoms with E-state index in [0.29, 0.717) is 5.88 Å². The number of nitrogens with one attached hydrogen (secondary N) is 1. The van der Waals surface area contributed by atoms with Gasteiger partial charge in [-0.1, -0.05) is 24.3 Å². The van der Waals surface area contributed by atoms with Crippen LogP contribution in [-0.2, 0) is 22.3 Å². The number of alkyl halides is 1. The summed E-state index contributed by atoms with van der Waals surface area (Å²) in [7, 11) is 0. The van der Waals surface area contributed by atoms with Gasteiger partial charge in [-0.15, -0.1) is 46.7 Å². The third-order valence-corrected chi connectivity index (χ3v) is 9.05. The summed E-state index contributed by atoms with van der Waals surface area (Å²) in [6, 6.07) is 17.6. The first-order chi connectivity index (χ1) is 20.1. The number of thiophene rings is 2. The molecular weight excluding hydrogens is 611 g/mol. The lowest BCUT2D eigenvalue weighted by Crippen LogP contribution is -2.50. The molecule has 2 saturated heterocycles. The fraction of sp³-hybridized carbons (Fsp3) is 0.500. The monoisotopic (exact) mass is 654 g/mol. The minimum absolute atomic E-state index is 0. The van der Waals surface area contributed by atoms with Crippen molar-refractivity contribution >= 4 is 66.9 Å². The van der Waals surface area contributed by atoms with Gasteiger partial charge in [0.15, 0.2) is 0 Å². The van der Waals surface area contributed by atoms with E-state index in [9.17, 15) is 5.11 Å². The van der Waals surface area contributed by atoms with Crippen LogP contribution in [0.25, 0.3) is 20.2 Å². The number of nitrogens with zero attached hydrogens (tertiary/aromatic N) is 1. The van der Waals surface area contributed by atoms with Gasteiger partial charge in [0, 0.05) is 61.2 Å². The maximum absolute atomic E-state index is 9.17. The zero-order chi connectivity index (χ0) is 28.7. The molecule has 42 heavy (non-hydrogen) atoms. The van der Waals surface area contributed by atoms with Gasteiger partial charge in [0.05, 0.1) is 25.4 Å². The Labute approximate surface area is 269 Å². The van der Waals surface area contributed by atoms with Crippen LogP contribution in [0.5, 0.6) is 0 Å². The molecule has 0 spiro atoms. The van der Waals surface area contributed by atoms with Crippen LogP contribution in [0.1, 0.15) is 24.0 Å². The third kappa shape index (κ3) is 12.4. The average Bonchev–Trinajstić information content (AvgIpc) is 3.62. The number of fused-ring (bicyclic) bond motifs is 2. The number of halogens is 2. The molecule has 2 aliphatic rings. The normalized spacial score (nSPS) is 15.2. The molecule has 0 unspecified atom stereocenters. The highest BCUT2D eigenvalue weighted by molar-refractivity contribution is 7.17. The van der Waals surface area contributed by atoms with Crippen LogP contribution in [0.4, 0.5) is 0 Å². The fourth-order valence-corrected chi connectivity index (χ4v) is 6.12. The standard InChI is InChI=1S/C16H21NO2S.C13H15ClOS.C3H7NO.ClH/c18-15-11-17(12-15)6-1-7-19-8-4-13-2-3-16-14(10-13)5-9-20-16;14-6-1-7-15-8-4-11-2-3-13-12(10-11)5-9-16-13;5-3-1-4-2-3;/h2-3,5,9-10,15,18H,1,4,6-8,11-12H2;2-3,5,9-10H,1,4,6-8H2;3-5H,1-2H2;1H. The first kappa shape index (κ1) is 35.2. The summed E-state index contributed by atoms with van der Waals surface area (Å²) in [6.45, 7) is 7.45. The zero-order valence-electron chi connectivity index (χ0n) is 24.1. The summed E-state index contributed by atoms with van der Waals surface area (Å²) < 4.78 is 13.9. The van der Waals surface area contributed by atoms with Crippen LogP contribution < -0.4 is 5.32 Å². The number of β-amino-alcohol motifs (C(OH)–C–C–N with tert-alkyl or cyclic N) is 2. The highest BCUT2D eigenvalue weighted by Gasteiger charge is 2.22. The van der Waals surface area contributed by atoms with Crippen molar-refractivity contribution in [1.29, 1.82) is 0 Å². The molecule has 6 rings (SSSR count). The number of aliphatic hydroxyl groups is 2. The number of likely N-dealkylation sites (tertiary alicyclic amines) is 1. The van der Waals surface area contributed by atoms with E-state index in [1.54, 1.807) is 22.7 Å². The van der Waals surface area contributed by atoms with Gasteiger partial charge in [-0.3, -0.25) is 4.90 Å². The molecule has 0 saturated carbocycles. The Morgan fingerprint density at radius 3 is 1.74 bits per heavy atom. The molecule has 0 amide bonds. The Hall–Kier alpha value is -1.30. The van der Waals surface area contributed by atoms with Crippen LogP contribution in [0.2, 0.25) is 0 Å². The van der Waals surface area contributed by atoms with Crippen molar-refractivity contribution in [2.24, 2.45) is 0 Å². The van der Waals surface area contributed by atoms with E-state index in [1.807, 2.05) is 0 Å². The van der Waals surface area contributed by atoms with Gasteiger partial charge in [-0.25, -0.2) is 0 Å². The number of ether oxygens (including phenoxy) is 2. The second-order valence-electron chi connectivity index (χ2n) is 10.4. The van der Waals surface area contributed by atoms with Crippen molar-refractivity contribution < 1.29 is 19.7 Å². The molecule has 0 radical (unpaired) electrons. The lowest BCUT2D eigenvalue weighted by atomic mass is 10.1. The SMILES string of the molecule is Cl.ClCCCOCCc1ccc2sccc2c1.OC1CN(CCCOCCc2ccc3sccc3c2)C1.OC1CNC1. The smallest absolute Gasteiger partial charge is 0.0793 e. The highest BCUT2D eigenvalue weighted by Crippen LogP contribution is 2.23. The molecule has 232 valence electrons. The van der Waals surface area contributed by atoms with Crippen molar-refractivity contribution in [3.63, 3.8) is 0 Å². The molecule has 0 aliphatic carbocycles. The Kier molecular flexibility index (Phi) is 16.6. The second kappa shape index (κ2) is 19.9. The van der Waals surface area contributed by atoms with Crippen molar-refractivity contribution in [2.75, 3.05) is 65.0 Å². The Morgan fingerprint density at radius 2 is 1.29 bits per heavy atom. The number of rotatable bonds is 13. The van der Waals surface area contributed by atoms with E-state index in [1.165, 1.54) is 31.3 Å². The van der Waals surface area contributed by atoms with Gasteiger partial charge in [0.2, 0.25) is 0 Å². The molecule has 0 atom stereocenters. The molecule has 4 aromatic rings. The average molecular weight is 656 g/mol. The van der Waals surface area contributed by atoms with Crippen LogP contribution in [0.15, 0.2) is 59.3 Å². The zero-order valence-corrected chi connectivity index (χ0v) is 27.3. The minimum atomic E-state index is -0.0945. The Bertz CT molecular complexity index is 1280. The molecule has 2 fully saturated rings. The van der Waals surface area contributed by atoms with E-state index in [-0.39, 0.29) is 24.6 Å². The number of benzene rings is 2. The van der Waals surface area contributed by atoms with Gasteiger partial charge in [0.25, 0.3) is 0 Å². The Morgan fingerprint density at radius 1 is 0.762 bits per heavy atom. The van der Waals surface area contributed by atoms with Crippen molar-refractivity contribution in [1.82, 2.24) is 10.2 Å². The summed E-state index contributed by atoms with van der Waals surface area (Å²) in [6.07, 6.45) is 3.81. The molecular formula is C32H44Cl2N2O4S2. The summed E-state index contributed by atoms with van der Waals surface area (Å²) >= 11 is 9.14. The van der Waals surface area contributed by atoms with Gasteiger partial charge < -0.3 is 25.0 Å². The van der Waals surface area contributed by atoms with E-state index in [0.717, 1.165) is 84.8 Å². The van der Waals surface area contributed by atoms with Gasteiger partial charge in [-0.05, 0) is 82.6 Å². The largest absolute Gasteiger partial charge is 0.390 e. The lowest BCUT2D eigenvalue weighted by molar-refractivity contribution is -0.00305. The fourth-order valence-electron chi connectivity index (χ4n) is 4.47. The predicted octanol–water partition coefficient (Wildman–Crippen LogP) is 5.99. The summed E-state index contributed by atoms with van der Waals surface area (Å²) in [5.74, 6) is 0.681. The van der Waals surface area contributed by atoms with E-state index in [4.69, 9.17) is 26.2 Å². The summed E-state index contributed by atoms with van der Waals surface area (Å²) in [5.41, 5.74) is 2.69. The molecule has 6 nitrogen and oxygen atoms in total. The molecule has 0 bridgehead atoms. The molecule has 2 aliphatic heterocycles. The molecule has 4 heterocycles. The lowest BCUT2D eigenvalue weighted by Gasteiger charge is -2.35. The minimum Gasteiger partial charge on any atom is -0.390 e. The Balaban J connectivity index is 0.000000197. The predicted molar refractivity (Wildman–Crippen MR) is 181 cm³/mol. The topological polar surface area (TPSA) is 74.2 Å². The number of hydrogen-bond acceptors (Lipinski definition) is 8. The van der Waals surface area contributed by atoms with Crippen molar-refractivity contribution in [3.05, 3.63) is 70.4 Å². The summed E-state index contributed by atoms with van der Waals surface area (Å²) in [4.78, 5) is 2.26. The van der Waals surface area contributed by atoms with Gasteiger partial charge >= 0.3 is 0 Å². The maximum atomic E-state index is 9.17. The van der Waals surface area contributed by atoms with E-state index >= 15 is 0 Å². The van der Waals surface area contributed by atoms with Crippen LogP contribution in [0, 0.1) is 0 Å². The summed E-state index contributed by atoms with van der Waals surface area (Å²) in [5, 5.41) is 27.4. The van der Waals surface area contributed by atoms with Gasteiger partial charge in [-0.2, -0.15) is 0 Å². The number of hydrogen-bond donors (Lipinski definition) is 3. The van der Waals surface area contributed by atoms with E-state index < -0.39 is 0 Å². The first-order valence-electron chi connectivity index (χ1n) is 14.5. The molecule has 10 heteroatoms. The van der Waals surface area contributed by atoms with E-state index in [2.05, 4.69) is 69.5 Å². The van der Waals surface area contributed by atoms with Crippen LogP contribution in [0.3, 0.4) is 0 Å². The van der Waals surface area contributed by atoms with Gasteiger partial charge in [0.1, 0.15) is 0 Å². The quantitative estimate of drug-likeness (QED) is 0.122. The number of aliphatic hydroxyl groups excluding tert-OH is 2. The second-order valence-corrected chi connectivity index (χ2v) is 12.7. The first-order valence-corrected chi connectivity index (χ1v) is 16.8.